The lowest BCUT2D eigenvalue weighted by atomic mass is 10.1. The average Bonchev–Trinajstić information content (AvgIpc) is 2.72. The number of hydrogen-bond donors (Lipinski definition) is 1. The zero-order chi connectivity index (χ0) is 19.9. The van der Waals surface area contributed by atoms with E-state index in [1.807, 2.05) is 12.1 Å². The summed E-state index contributed by atoms with van der Waals surface area (Å²) in [6, 6.07) is 14.4. The number of pyridine rings is 1. The van der Waals surface area contributed by atoms with Crippen LogP contribution in [0.4, 0.5) is 11.4 Å². The molecule has 28 heavy (non-hydrogen) atoms. The fourth-order valence-corrected chi connectivity index (χ4v) is 2.50. The molecule has 0 radical (unpaired) electrons. The van der Waals surface area contributed by atoms with Crippen LogP contribution in [0.2, 0.25) is 0 Å². The number of hydrogen-bond acceptors (Lipinski definition) is 6. The molecule has 0 saturated carbocycles. The zero-order valence-corrected chi connectivity index (χ0v) is 15.0. The van der Waals surface area contributed by atoms with Crippen LogP contribution >= 0.6 is 0 Å². The summed E-state index contributed by atoms with van der Waals surface area (Å²) in [6.07, 6.45) is 3.39. The summed E-state index contributed by atoms with van der Waals surface area (Å²) < 4.78 is 10.8. The van der Waals surface area contributed by atoms with Crippen molar-refractivity contribution < 1.29 is 19.2 Å². The summed E-state index contributed by atoms with van der Waals surface area (Å²) in [4.78, 5) is 27.0. The maximum atomic E-state index is 12.6. The monoisotopic (exact) mass is 379 g/mol. The number of nitrogens with zero attached hydrogens (tertiary/aromatic N) is 2. The van der Waals surface area contributed by atoms with Gasteiger partial charge in [0.1, 0.15) is 18.1 Å². The largest absolute Gasteiger partial charge is 0.496 e. The van der Waals surface area contributed by atoms with Gasteiger partial charge in [0.2, 0.25) is 0 Å². The van der Waals surface area contributed by atoms with Gasteiger partial charge in [0.25, 0.3) is 11.6 Å². The SMILES string of the molecule is COc1ccc([N+](=O)[O-])cc1C(=O)Nc1cccc(OCc2cccnc2)c1. The normalized spacial score (nSPS) is 10.2. The second-order valence-electron chi connectivity index (χ2n) is 5.77. The molecular weight excluding hydrogens is 362 g/mol. The van der Waals surface area contributed by atoms with Crippen molar-refractivity contribution in [1.82, 2.24) is 4.98 Å². The highest BCUT2D eigenvalue weighted by Gasteiger charge is 2.17. The fourth-order valence-electron chi connectivity index (χ4n) is 2.50. The minimum Gasteiger partial charge on any atom is -0.496 e. The molecule has 142 valence electrons. The van der Waals surface area contributed by atoms with Gasteiger partial charge in [0.15, 0.2) is 0 Å². The summed E-state index contributed by atoms with van der Waals surface area (Å²) in [6.45, 7) is 0.337. The van der Waals surface area contributed by atoms with Crippen LogP contribution in [0.1, 0.15) is 15.9 Å². The summed E-state index contributed by atoms with van der Waals surface area (Å²) in [5.74, 6) is 0.282. The van der Waals surface area contributed by atoms with E-state index in [9.17, 15) is 14.9 Å². The molecule has 0 saturated heterocycles. The van der Waals surface area contributed by atoms with Gasteiger partial charge in [0.05, 0.1) is 17.6 Å². The number of carbonyl (C=O) groups is 1. The Kier molecular flexibility index (Phi) is 5.81. The molecule has 0 aliphatic rings. The number of aromatic nitrogens is 1. The standard InChI is InChI=1S/C20H17N3O5/c1-27-19-8-7-16(23(25)26)11-18(19)20(24)22-15-5-2-6-17(10-15)28-13-14-4-3-9-21-12-14/h2-12H,13H2,1H3,(H,22,24). The van der Waals surface area contributed by atoms with Gasteiger partial charge in [-0.15, -0.1) is 0 Å². The van der Waals surface area contributed by atoms with Crippen LogP contribution in [0.5, 0.6) is 11.5 Å². The summed E-state index contributed by atoms with van der Waals surface area (Å²) in [5.41, 5.74) is 1.28. The van der Waals surface area contributed by atoms with Gasteiger partial charge in [-0.25, -0.2) is 0 Å². The molecule has 0 fully saturated rings. The molecule has 3 aromatic rings. The fraction of sp³-hybridized carbons (Fsp3) is 0.100. The molecule has 0 aliphatic heterocycles. The summed E-state index contributed by atoms with van der Waals surface area (Å²) in [7, 11) is 1.39. The number of ether oxygens (including phenoxy) is 2. The van der Waals surface area contributed by atoms with Crippen molar-refractivity contribution in [3.05, 3.63) is 88.2 Å². The van der Waals surface area contributed by atoms with Crippen LogP contribution < -0.4 is 14.8 Å². The first-order valence-electron chi connectivity index (χ1n) is 8.32. The quantitative estimate of drug-likeness (QED) is 0.494. The smallest absolute Gasteiger partial charge is 0.270 e. The maximum Gasteiger partial charge on any atom is 0.270 e. The molecule has 1 N–H and O–H groups in total. The Morgan fingerprint density at radius 1 is 1.18 bits per heavy atom. The number of non-ortho nitro benzene ring substituents is 1. The number of carbonyl (C=O) groups excluding carboxylic acids is 1. The lowest BCUT2D eigenvalue weighted by Crippen LogP contribution is -2.13. The molecule has 1 heterocycles. The van der Waals surface area contributed by atoms with Gasteiger partial charge >= 0.3 is 0 Å². The van der Waals surface area contributed by atoms with Crippen LogP contribution in [0, 0.1) is 10.1 Å². The second-order valence-corrected chi connectivity index (χ2v) is 5.77. The van der Waals surface area contributed by atoms with E-state index in [1.54, 1.807) is 36.7 Å². The third-order valence-electron chi connectivity index (χ3n) is 3.86. The molecule has 0 spiro atoms. The van der Waals surface area contributed by atoms with Crippen molar-refractivity contribution in [2.24, 2.45) is 0 Å². The van der Waals surface area contributed by atoms with E-state index in [2.05, 4.69) is 10.3 Å². The molecule has 0 bridgehead atoms. The number of benzene rings is 2. The van der Waals surface area contributed by atoms with Crippen molar-refractivity contribution >= 4 is 17.3 Å². The van der Waals surface area contributed by atoms with Crippen molar-refractivity contribution in [2.45, 2.75) is 6.61 Å². The first kappa shape index (κ1) is 18.8. The predicted molar refractivity (Wildman–Crippen MR) is 103 cm³/mol. The lowest BCUT2D eigenvalue weighted by molar-refractivity contribution is -0.384. The number of rotatable bonds is 7. The van der Waals surface area contributed by atoms with E-state index in [1.165, 1.54) is 25.3 Å². The van der Waals surface area contributed by atoms with Gasteiger partial charge in [-0.2, -0.15) is 0 Å². The van der Waals surface area contributed by atoms with Gasteiger partial charge in [0, 0.05) is 41.8 Å². The first-order valence-corrected chi connectivity index (χ1v) is 8.32. The molecule has 1 amide bonds. The Hall–Kier alpha value is -3.94. The number of amides is 1. The highest BCUT2D eigenvalue weighted by molar-refractivity contribution is 6.06. The Morgan fingerprint density at radius 3 is 2.75 bits per heavy atom. The molecule has 2 aromatic carbocycles. The lowest BCUT2D eigenvalue weighted by Gasteiger charge is -2.11. The van der Waals surface area contributed by atoms with E-state index >= 15 is 0 Å². The summed E-state index contributed by atoms with van der Waals surface area (Å²) in [5, 5.41) is 13.7. The van der Waals surface area contributed by atoms with E-state index in [4.69, 9.17) is 9.47 Å². The van der Waals surface area contributed by atoms with Gasteiger partial charge in [-0.3, -0.25) is 19.9 Å². The Bertz CT molecular complexity index is 992. The Labute approximate surface area is 160 Å². The van der Waals surface area contributed by atoms with Crippen LogP contribution in [0.15, 0.2) is 67.0 Å². The molecule has 8 nitrogen and oxygen atoms in total. The van der Waals surface area contributed by atoms with Crippen LogP contribution in [-0.4, -0.2) is 22.9 Å². The number of nitro groups is 1. The van der Waals surface area contributed by atoms with Gasteiger partial charge in [-0.1, -0.05) is 12.1 Å². The highest BCUT2D eigenvalue weighted by Crippen LogP contribution is 2.26. The average molecular weight is 379 g/mol. The molecule has 0 atom stereocenters. The molecule has 1 aromatic heterocycles. The topological polar surface area (TPSA) is 104 Å². The highest BCUT2D eigenvalue weighted by atomic mass is 16.6. The second kappa shape index (κ2) is 8.63. The van der Waals surface area contributed by atoms with Gasteiger partial charge < -0.3 is 14.8 Å². The van der Waals surface area contributed by atoms with Crippen LogP contribution in [-0.2, 0) is 6.61 Å². The third kappa shape index (κ3) is 4.61. The third-order valence-corrected chi connectivity index (χ3v) is 3.86. The van der Waals surface area contributed by atoms with E-state index in [-0.39, 0.29) is 17.0 Å². The number of nitro benzene ring substituents is 1. The molecule has 8 heteroatoms. The minimum atomic E-state index is -0.566. The maximum absolute atomic E-state index is 12.6. The molecule has 0 aliphatic carbocycles. The number of anilines is 1. The molecule has 3 rings (SSSR count). The van der Waals surface area contributed by atoms with E-state index in [0.717, 1.165) is 5.56 Å². The van der Waals surface area contributed by atoms with Crippen LogP contribution in [0.25, 0.3) is 0 Å². The van der Waals surface area contributed by atoms with Crippen LogP contribution in [0.3, 0.4) is 0 Å². The first-order chi connectivity index (χ1) is 13.6. The Balaban J connectivity index is 1.74. The van der Waals surface area contributed by atoms with Crippen molar-refractivity contribution in [1.29, 1.82) is 0 Å². The predicted octanol–water partition coefficient (Wildman–Crippen LogP) is 3.83. The van der Waals surface area contributed by atoms with Crippen molar-refractivity contribution in [2.75, 3.05) is 12.4 Å². The van der Waals surface area contributed by atoms with Gasteiger partial charge in [-0.05, 0) is 24.3 Å². The molecule has 0 unspecified atom stereocenters. The number of nitrogens with one attached hydrogen (secondary N) is 1. The van der Waals surface area contributed by atoms with Crippen molar-refractivity contribution in [3.8, 4) is 11.5 Å². The van der Waals surface area contributed by atoms with E-state index < -0.39 is 10.8 Å². The van der Waals surface area contributed by atoms with Crippen molar-refractivity contribution in [3.63, 3.8) is 0 Å². The Morgan fingerprint density at radius 2 is 2.04 bits per heavy atom. The zero-order valence-electron chi connectivity index (χ0n) is 15.0. The molecular formula is C20H17N3O5. The van der Waals surface area contributed by atoms with E-state index in [0.29, 0.717) is 18.0 Å². The summed E-state index contributed by atoms with van der Waals surface area (Å²) >= 11 is 0. The number of methoxy groups -OCH3 is 1. The minimum absolute atomic E-state index is 0.0679.